The number of carbonyl (C=O) groups excluding carboxylic acids is 2. The van der Waals surface area contributed by atoms with E-state index in [0.29, 0.717) is 41.0 Å². The lowest BCUT2D eigenvalue weighted by Gasteiger charge is -2.18. The summed E-state index contributed by atoms with van der Waals surface area (Å²) in [6.07, 6.45) is 9.14. The molecule has 11 heteroatoms. The number of amides is 3. The number of nitrogens with zero attached hydrogens (tertiary/aromatic N) is 3. The van der Waals surface area contributed by atoms with Crippen LogP contribution in [-0.2, 0) is 11.2 Å². The first-order chi connectivity index (χ1) is 18.4. The zero-order chi connectivity index (χ0) is 26.9. The maximum absolute atomic E-state index is 12.9. The molecule has 1 fully saturated rings. The van der Waals surface area contributed by atoms with Crippen molar-refractivity contribution in [2.45, 2.75) is 25.3 Å². The van der Waals surface area contributed by atoms with E-state index in [2.05, 4.69) is 47.8 Å². The summed E-state index contributed by atoms with van der Waals surface area (Å²) in [5.74, 6) is 2.55. The van der Waals surface area contributed by atoms with Gasteiger partial charge in [0, 0.05) is 30.2 Å². The number of urea groups is 1. The second-order valence-corrected chi connectivity index (χ2v) is 9.53. The Labute approximate surface area is 229 Å². The number of anilines is 4. The third-order valence-corrected chi connectivity index (χ3v) is 6.28. The number of nitrogens with one attached hydrogen (secondary N) is 3. The van der Waals surface area contributed by atoms with Crippen molar-refractivity contribution in [1.29, 1.82) is 0 Å². The molecule has 2 heterocycles. The highest BCUT2D eigenvalue weighted by atomic mass is 79.9. The Kier molecular flexibility index (Phi) is 9.13. The quantitative estimate of drug-likeness (QED) is 0.281. The molecule has 1 saturated heterocycles. The van der Waals surface area contributed by atoms with E-state index in [1.807, 2.05) is 30.3 Å². The van der Waals surface area contributed by atoms with E-state index in [1.165, 1.54) is 6.20 Å². The number of rotatable bonds is 9. The van der Waals surface area contributed by atoms with Crippen molar-refractivity contribution in [3.05, 3.63) is 64.8 Å². The molecular formula is C27H28BrN7O3. The smallest absolute Gasteiger partial charge is 0.321 e. The molecule has 0 spiro atoms. The average Bonchev–Trinajstić information content (AvgIpc) is 3.45. The fraction of sp³-hybridized carbons (Fsp3) is 0.259. The normalized spacial score (nSPS) is 13.3. The number of ether oxygens (including phenoxy) is 1. The summed E-state index contributed by atoms with van der Waals surface area (Å²) in [4.78, 5) is 36.0. The predicted octanol–water partition coefficient (Wildman–Crippen LogP) is 4.13. The summed E-state index contributed by atoms with van der Waals surface area (Å²) < 4.78 is 5.99. The number of aromatic nitrogens is 2. The molecule has 0 bridgehead atoms. The fourth-order valence-electron chi connectivity index (χ4n) is 3.91. The highest BCUT2D eigenvalue weighted by Crippen LogP contribution is 2.28. The lowest BCUT2D eigenvalue weighted by molar-refractivity contribution is -0.117. The van der Waals surface area contributed by atoms with Crippen molar-refractivity contribution in [2.75, 3.05) is 35.6 Å². The third-order valence-electron chi connectivity index (χ3n) is 5.74. The standard InChI is InChI=1S/C27H28BrN7O3/c1-2-12-38-25-22(28)17-30-26(34-25)32-20-14-19(15-21(16-20)33-27(37)35-10-6-7-11-35)31-24(36)23(29)13-18-8-4-3-5-9-18/h1,3-5,8-9,14-17,23H,6-7,10-13,29H2,(H,31,36)(H,33,37)(H,30,32,34)/t23-/m0/s1. The fourth-order valence-corrected chi connectivity index (χ4v) is 4.22. The van der Waals surface area contributed by atoms with Crippen LogP contribution in [0.1, 0.15) is 18.4 Å². The summed E-state index contributed by atoms with van der Waals surface area (Å²) in [5, 5.41) is 8.86. The second-order valence-electron chi connectivity index (χ2n) is 8.67. The van der Waals surface area contributed by atoms with Gasteiger partial charge >= 0.3 is 6.03 Å². The van der Waals surface area contributed by atoms with E-state index >= 15 is 0 Å². The summed E-state index contributed by atoms with van der Waals surface area (Å²) in [7, 11) is 0. The van der Waals surface area contributed by atoms with E-state index < -0.39 is 6.04 Å². The van der Waals surface area contributed by atoms with Crippen molar-refractivity contribution in [2.24, 2.45) is 5.73 Å². The predicted molar refractivity (Wildman–Crippen MR) is 150 cm³/mol. The Morgan fingerprint density at radius 2 is 1.79 bits per heavy atom. The number of carbonyl (C=O) groups is 2. The Morgan fingerprint density at radius 3 is 2.50 bits per heavy atom. The zero-order valence-corrected chi connectivity index (χ0v) is 22.2. The minimum atomic E-state index is -0.762. The van der Waals surface area contributed by atoms with Crippen LogP contribution in [0.3, 0.4) is 0 Å². The summed E-state index contributed by atoms with van der Waals surface area (Å²) in [6, 6.07) is 13.7. The molecule has 1 aromatic heterocycles. The molecule has 196 valence electrons. The van der Waals surface area contributed by atoms with Gasteiger partial charge in [0.25, 0.3) is 0 Å². The molecule has 2 aromatic carbocycles. The van der Waals surface area contributed by atoms with E-state index in [1.54, 1.807) is 23.1 Å². The number of halogens is 1. The van der Waals surface area contributed by atoms with E-state index in [4.69, 9.17) is 16.9 Å². The Balaban J connectivity index is 1.55. The van der Waals surface area contributed by atoms with Crippen LogP contribution in [0.2, 0.25) is 0 Å². The second kappa shape index (κ2) is 12.9. The number of hydrogen-bond donors (Lipinski definition) is 4. The monoisotopic (exact) mass is 577 g/mol. The molecule has 0 radical (unpaired) electrons. The van der Waals surface area contributed by atoms with Crippen LogP contribution in [-0.4, -0.2) is 52.5 Å². The lowest BCUT2D eigenvalue weighted by Crippen LogP contribution is -2.37. The van der Waals surface area contributed by atoms with Crippen molar-refractivity contribution < 1.29 is 14.3 Å². The summed E-state index contributed by atoms with van der Waals surface area (Å²) in [6.45, 7) is 1.45. The Bertz CT molecular complexity index is 1320. The first-order valence-electron chi connectivity index (χ1n) is 12.1. The van der Waals surface area contributed by atoms with Gasteiger partial charge in [-0.25, -0.2) is 9.78 Å². The van der Waals surface area contributed by atoms with Gasteiger partial charge in [-0.2, -0.15) is 4.98 Å². The topological polar surface area (TPSA) is 134 Å². The van der Waals surface area contributed by atoms with Crippen molar-refractivity contribution >= 4 is 50.9 Å². The molecule has 0 saturated carbocycles. The molecular weight excluding hydrogens is 550 g/mol. The molecule has 1 atom stereocenters. The zero-order valence-electron chi connectivity index (χ0n) is 20.6. The van der Waals surface area contributed by atoms with Gasteiger partial charge in [-0.1, -0.05) is 36.3 Å². The van der Waals surface area contributed by atoms with Crippen molar-refractivity contribution in [3.8, 4) is 18.2 Å². The van der Waals surface area contributed by atoms with Crippen LogP contribution in [0.4, 0.5) is 27.8 Å². The van der Waals surface area contributed by atoms with Gasteiger partial charge in [0.2, 0.25) is 17.7 Å². The molecule has 4 rings (SSSR count). The van der Waals surface area contributed by atoms with Gasteiger partial charge in [-0.15, -0.1) is 6.42 Å². The molecule has 1 aliphatic heterocycles. The van der Waals surface area contributed by atoms with Crippen LogP contribution in [0.25, 0.3) is 0 Å². The minimum absolute atomic E-state index is 0.0481. The first kappa shape index (κ1) is 26.9. The third kappa shape index (κ3) is 7.44. The largest absolute Gasteiger partial charge is 0.464 e. The highest BCUT2D eigenvalue weighted by Gasteiger charge is 2.19. The maximum atomic E-state index is 12.9. The molecule has 3 aromatic rings. The molecule has 0 aliphatic carbocycles. The lowest BCUT2D eigenvalue weighted by atomic mass is 10.1. The SMILES string of the molecule is C#CCOc1nc(Nc2cc(NC(=O)[C@@H](N)Cc3ccccc3)cc(NC(=O)N3CCCC3)c2)ncc1Br. The first-order valence-corrected chi connectivity index (χ1v) is 12.9. The van der Waals surface area contributed by atoms with Crippen molar-refractivity contribution in [1.82, 2.24) is 14.9 Å². The van der Waals surface area contributed by atoms with Crippen LogP contribution < -0.4 is 26.4 Å². The molecule has 1 aliphatic rings. The molecule has 10 nitrogen and oxygen atoms in total. The molecule has 3 amide bonds. The van der Waals surface area contributed by atoms with Crippen LogP contribution in [0, 0.1) is 12.3 Å². The number of hydrogen-bond acceptors (Lipinski definition) is 7. The average molecular weight is 578 g/mol. The number of terminal acetylenes is 1. The van der Waals surface area contributed by atoms with Gasteiger partial charge < -0.3 is 31.3 Å². The van der Waals surface area contributed by atoms with Gasteiger partial charge in [0.1, 0.15) is 0 Å². The summed E-state index contributed by atoms with van der Waals surface area (Å²) >= 11 is 3.34. The van der Waals surface area contributed by atoms with Crippen molar-refractivity contribution in [3.63, 3.8) is 0 Å². The van der Waals surface area contributed by atoms with Crippen LogP contribution >= 0.6 is 15.9 Å². The van der Waals surface area contributed by atoms with Gasteiger partial charge in [-0.3, -0.25) is 4.79 Å². The highest BCUT2D eigenvalue weighted by molar-refractivity contribution is 9.10. The van der Waals surface area contributed by atoms with E-state index in [9.17, 15) is 9.59 Å². The van der Waals surface area contributed by atoms with Gasteiger partial charge in [0.15, 0.2) is 6.61 Å². The van der Waals surface area contributed by atoms with E-state index in [-0.39, 0.29) is 30.4 Å². The number of benzene rings is 2. The van der Waals surface area contributed by atoms with Gasteiger partial charge in [-0.05, 0) is 59.0 Å². The van der Waals surface area contributed by atoms with E-state index in [0.717, 1.165) is 18.4 Å². The number of nitrogens with two attached hydrogens (primary N) is 1. The maximum Gasteiger partial charge on any atom is 0.321 e. The minimum Gasteiger partial charge on any atom is -0.464 e. The Hall–Kier alpha value is -4.14. The van der Waals surface area contributed by atoms with Gasteiger partial charge in [0.05, 0.1) is 16.7 Å². The molecule has 0 unspecified atom stereocenters. The molecule has 5 N–H and O–H groups in total. The molecule has 38 heavy (non-hydrogen) atoms. The van der Waals surface area contributed by atoms with Crippen LogP contribution in [0.15, 0.2) is 59.2 Å². The Morgan fingerprint density at radius 1 is 1.11 bits per heavy atom. The van der Waals surface area contributed by atoms with Crippen LogP contribution in [0.5, 0.6) is 5.88 Å². The summed E-state index contributed by atoms with van der Waals surface area (Å²) in [5.41, 5.74) is 8.59. The number of likely N-dealkylation sites (tertiary alicyclic amines) is 1.